The summed E-state index contributed by atoms with van der Waals surface area (Å²) in [5.41, 5.74) is 2.29. The van der Waals surface area contributed by atoms with Crippen LogP contribution in [0.15, 0.2) is 47.5 Å². The summed E-state index contributed by atoms with van der Waals surface area (Å²) in [5, 5.41) is 6.67. The van der Waals surface area contributed by atoms with Gasteiger partial charge in [-0.1, -0.05) is 30.3 Å². The van der Waals surface area contributed by atoms with Crippen LogP contribution in [0.3, 0.4) is 0 Å². The van der Waals surface area contributed by atoms with Gasteiger partial charge in [-0.25, -0.2) is 0 Å². The Morgan fingerprint density at radius 3 is 1.93 bits per heavy atom. The minimum absolute atomic E-state index is 0. The molecule has 0 bridgehead atoms. The molecule has 0 saturated heterocycles. The molecule has 0 spiro atoms. The van der Waals surface area contributed by atoms with Crippen LogP contribution in [0, 0.1) is 0 Å². The van der Waals surface area contributed by atoms with Gasteiger partial charge in [-0.05, 0) is 18.4 Å². The van der Waals surface area contributed by atoms with Gasteiger partial charge >= 0.3 is 0 Å². The van der Waals surface area contributed by atoms with Gasteiger partial charge in [0.2, 0.25) is 0 Å². The lowest BCUT2D eigenvalue weighted by Gasteiger charge is -2.16. The highest BCUT2D eigenvalue weighted by Crippen LogP contribution is 2.34. The van der Waals surface area contributed by atoms with E-state index in [0.717, 1.165) is 42.4 Å². The van der Waals surface area contributed by atoms with Gasteiger partial charge in [0.1, 0.15) is 17.2 Å². The fourth-order valence-electron chi connectivity index (χ4n) is 2.82. The maximum atomic E-state index is 5.49. The second-order valence-electron chi connectivity index (χ2n) is 5.92. The van der Waals surface area contributed by atoms with Gasteiger partial charge in [-0.3, -0.25) is 4.99 Å². The summed E-state index contributed by atoms with van der Waals surface area (Å²) in [4.78, 5) is 4.27. The number of nitrogens with zero attached hydrogens (tertiary/aromatic N) is 1. The summed E-state index contributed by atoms with van der Waals surface area (Å²) in [7, 11) is 6.69. The van der Waals surface area contributed by atoms with Crippen LogP contribution in [0.5, 0.6) is 17.2 Å². The first kappa shape index (κ1) is 23.9. The molecule has 0 aliphatic rings. The zero-order valence-corrected chi connectivity index (χ0v) is 19.3. The van der Waals surface area contributed by atoms with E-state index < -0.39 is 0 Å². The summed E-state index contributed by atoms with van der Waals surface area (Å²) in [6.07, 6.45) is 1.68. The van der Waals surface area contributed by atoms with E-state index in [4.69, 9.17) is 14.2 Å². The smallest absolute Gasteiger partial charge is 0.190 e. The number of benzene rings is 2. The number of aliphatic imine (C=N–C) groups is 1. The summed E-state index contributed by atoms with van der Waals surface area (Å²) in [6, 6.07) is 14.1. The molecule has 6 nitrogen and oxygen atoms in total. The zero-order valence-electron chi connectivity index (χ0n) is 17.0. The van der Waals surface area contributed by atoms with Gasteiger partial charge in [-0.2, -0.15) is 0 Å². The van der Waals surface area contributed by atoms with Gasteiger partial charge in [0.05, 0.1) is 21.3 Å². The van der Waals surface area contributed by atoms with Crippen molar-refractivity contribution in [3.63, 3.8) is 0 Å². The van der Waals surface area contributed by atoms with Crippen molar-refractivity contribution in [3.8, 4) is 17.2 Å². The minimum atomic E-state index is 0. The van der Waals surface area contributed by atoms with Gasteiger partial charge in [-0.15, -0.1) is 24.0 Å². The molecule has 0 aliphatic heterocycles. The third-order valence-electron chi connectivity index (χ3n) is 4.26. The summed E-state index contributed by atoms with van der Waals surface area (Å²) in [6.45, 7) is 1.52. The highest BCUT2D eigenvalue weighted by molar-refractivity contribution is 14.0. The third-order valence-corrected chi connectivity index (χ3v) is 4.26. The molecule has 0 saturated carbocycles. The Labute approximate surface area is 184 Å². The molecule has 0 atom stereocenters. The first-order chi connectivity index (χ1) is 13.2. The SMILES string of the molecule is CN=C(NCCc1ccccc1)NCCc1c(OC)cc(OC)cc1OC.I. The number of methoxy groups -OCH3 is 3. The van der Waals surface area contributed by atoms with Crippen molar-refractivity contribution in [2.24, 2.45) is 4.99 Å². The Kier molecular flexibility index (Phi) is 11.2. The van der Waals surface area contributed by atoms with Crippen LogP contribution >= 0.6 is 24.0 Å². The minimum Gasteiger partial charge on any atom is -0.496 e. The van der Waals surface area contributed by atoms with Crippen LogP contribution in [-0.2, 0) is 12.8 Å². The molecule has 0 amide bonds. The zero-order chi connectivity index (χ0) is 19.5. The first-order valence-electron chi connectivity index (χ1n) is 8.99. The monoisotopic (exact) mass is 499 g/mol. The molecule has 2 aromatic rings. The van der Waals surface area contributed by atoms with E-state index in [0.29, 0.717) is 12.3 Å². The maximum absolute atomic E-state index is 5.49. The molecule has 7 heteroatoms. The van der Waals surface area contributed by atoms with Crippen molar-refractivity contribution in [1.82, 2.24) is 10.6 Å². The lowest BCUT2D eigenvalue weighted by Crippen LogP contribution is -2.39. The largest absolute Gasteiger partial charge is 0.496 e. The number of nitrogens with one attached hydrogen (secondary N) is 2. The van der Waals surface area contributed by atoms with E-state index in [1.54, 1.807) is 28.4 Å². The third kappa shape index (κ3) is 7.10. The molecule has 0 fully saturated rings. The molecule has 0 aromatic heterocycles. The molecule has 0 radical (unpaired) electrons. The molecule has 2 rings (SSSR count). The molecule has 0 aliphatic carbocycles. The first-order valence-corrected chi connectivity index (χ1v) is 8.99. The van der Waals surface area contributed by atoms with Gasteiger partial charge in [0.15, 0.2) is 5.96 Å². The van der Waals surface area contributed by atoms with Crippen molar-refractivity contribution >= 4 is 29.9 Å². The second-order valence-corrected chi connectivity index (χ2v) is 5.92. The Morgan fingerprint density at radius 2 is 1.43 bits per heavy atom. The number of hydrogen-bond acceptors (Lipinski definition) is 4. The van der Waals surface area contributed by atoms with Gasteiger partial charge < -0.3 is 24.8 Å². The van der Waals surface area contributed by atoms with Crippen molar-refractivity contribution in [1.29, 1.82) is 0 Å². The van der Waals surface area contributed by atoms with E-state index in [9.17, 15) is 0 Å². The number of rotatable bonds is 9. The van der Waals surface area contributed by atoms with Crippen LogP contribution in [0.2, 0.25) is 0 Å². The van der Waals surface area contributed by atoms with Crippen molar-refractivity contribution in [3.05, 3.63) is 53.6 Å². The Hall–Kier alpha value is -2.16. The van der Waals surface area contributed by atoms with Crippen LogP contribution < -0.4 is 24.8 Å². The molecule has 28 heavy (non-hydrogen) atoms. The summed E-state index contributed by atoms with van der Waals surface area (Å²) < 4.78 is 16.3. The molecular formula is C21H30IN3O3. The van der Waals surface area contributed by atoms with Crippen molar-refractivity contribution < 1.29 is 14.2 Å². The van der Waals surface area contributed by atoms with Crippen molar-refractivity contribution in [2.75, 3.05) is 41.5 Å². The number of halogens is 1. The fourth-order valence-corrected chi connectivity index (χ4v) is 2.82. The topological polar surface area (TPSA) is 64.1 Å². The maximum Gasteiger partial charge on any atom is 0.190 e. The lowest BCUT2D eigenvalue weighted by atomic mass is 10.1. The average Bonchev–Trinajstić information content (AvgIpc) is 2.73. The standard InChI is InChI=1S/C21H29N3O3.HI/c1-22-21(23-12-10-16-8-6-5-7-9-16)24-13-11-18-19(26-3)14-17(25-2)15-20(18)27-4;/h5-9,14-15H,10-13H2,1-4H3,(H2,22,23,24);1H. The highest BCUT2D eigenvalue weighted by Gasteiger charge is 2.13. The molecule has 2 N–H and O–H groups in total. The number of guanidine groups is 1. The number of hydrogen-bond donors (Lipinski definition) is 2. The Morgan fingerprint density at radius 1 is 0.857 bits per heavy atom. The molecule has 0 heterocycles. The fraction of sp³-hybridized carbons (Fsp3) is 0.381. The van der Waals surface area contributed by atoms with E-state index in [1.807, 2.05) is 18.2 Å². The predicted octanol–water partition coefficient (Wildman–Crippen LogP) is 3.28. The van der Waals surface area contributed by atoms with Gasteiger partial charge in [0.25, 0.3) is 0 Å². The number of ether oxygens (including phenoxy) is 3. The lowest BCUT2D eigenvalue weighted by molar-refractivity contribution is 0.368. The van der Waals surface area contributed by atoms with E-state index in [2.05, 4.69) is 39.9 Å². The van der Waals surface area contributed by atoms with Crippen LogP contribution in [0.1, 0.15) is 11.1 Å². The molecule has 154 valence electrons. The second kappa shape index (κ2) is 13.1. The summed E-state index contributed by atoms with van der Waals surface area (Å²) in [5.74, 6) is 2.98. The van der Waals surface area contributed by atoms with Crippen LogP contribution in [0.4, 0.5) is 0 Å². The van der Waals surface area contributed by atoms with Crippen LogP contribution in [0.25, 0.3) is 0 Å². The summed E-state index contributed by atoms with van der Waals surface area (Å²) >= 11 is 0. The normalized spacial score (nSPS) is 10.6. The Bertz CT molecular complexity index is 714. The molecule has 0 unspecified atom stereocenters. The van der Waals surface area contributed by atoms with E-state index >= 15 is 0 Å². The Balaban J connectivity index is 0.00000392. The molecule has 2 aromatic carbocycles. The van der Waals surface area contributed by atoms with Crippen molar-refractivity contribution in [2.45, 2.75) is 12.8 Å². The predicted molar refractivity (Wildman–Crippen MR) is 125 cm³/mol. The quantitative estimate of drug-likeness (QED) is 0.315. The van der Waals surface area contributed by atoms with E-state index in [-0.39, 0.29) is 24.0 Å². The molecular weight excluding hydrogens is 469 g/mol. The van der Waals surface area contributed by atoms with Gasteiger partial charge in [0, 0.05) is 37.8 Å². The van der Waals surface area contributed by atoms with Crippen LogP contribution in [-0.4, -0.2) is 47.4 Å². The average molecular weight is 499 g/mol. The van der Waals surface area contributed by atoms with E-state index in [1.165, 1.54) is 5.56 Å². The highest BCUT2D eigenvalue weighted by atomic mass is 127.